The largest absolute Gasteiger partial charge is 0.346 e. The molecule has 0 bridgehead atoms. The van der Waals surface area contributed by atoms with Gasteiger partial charge in [-0.25, -0.2) is 8.42 Å². The summed E-state index contributed by atoms with van der Waals surface area (Å²) in [5.41, 5.74) is 7.30. The van der Waals surface area contributed by atoms with E-state index in [0.717, 1.165) is 45.6 Å². The SMILES string of the molecule is Cc1ccc(C(=S)c2c(C)cc(Cc3ccc(NS(C)(=O)=O)cc3)n2C)cc1. The lowest BCUT2D eigenvalue weighted by Crippen LogP contribution is -2.10. The highest BCUT2D eigenvalue weighted by atomic mass is 32.2. The fourth-order valence-corrected chi connectivity index (χ4v) is 4.28. The first kappa shape index (κ1) is 20.3. The molecule has 1 N–H and O–H groups in total. The van der Waals surface area contributed by atoms with E-state index in [1.807, 2.05) is 19.2 Å². The number of nitrogens with one attached hydrogen (secondary N) is 1. The number of nitrogens with zero attached hydrogens (tertiary/aromatic N) is 1. The summed E-state index contributed by atoms with van der Waals surface area (Å²) in [6.45, 7) is 4.15. The Bertz CT molecular complexity index is 1110. The second kappa shape index (κ2) is 7.89. The highest BCUT2D eigenvalue weighted by Crippen LogP contribution is 2.22. The first-order chi connectivity index (χ1) is 13.1. The standard InChI is InChI=1S/C22H24N2O2S2/c1-15-5-9-18(10-6-15)22(27)21-16(2)13-20(24(21)3)14-17-7-11-19(12-8-17)23-28(4,25)26/h5-13,23H,14H2,1-4H3. The van der Waals surface area contributed by atoms with E-state index in [9.17, 15) is 8.42 Å². The molecule has 1 heterocycles. The van der Waals surface area contributed by atoms with Crippen molar-refractivity contribution in [1.82, 2.24) is 4.57 Å². The number of aryl methyl sites for hydroxylation is 2. The highest BCUT2D eigenvalue weighted by molar-refractivity contribution is 7.92. The molecular formula is C22H24N2O2S2. The number of hydrogen-bond acceptors (Lipinski definition) is 3. The summed E-state index contributed by atoms with van der Waals surface area (Å²) in [7, 11) is -1.23. The second-order valence-electron chi connectivity index (χ2n) is 7.17. The van der Waals surface area contributed by atoms with Crippen LogP contribution in [0.2, 0.25) is 0 Å². The Labute approximate surface area is 172 Å². The molecule has 0 saturated carbocycles. The first-order valence-electron chi connectivity index (χ1n) is 8.97. The minimum absolute atomic E-state index is 0.565. The number of thiocarbonyl (C=S) groups is 1. The molecule has 0 aliphatic carbocycles. The van der Waals surface area contributed by atoms with E-state index in [1.165, 1.54) is 5.56 Å². The molecule has 0 saturated heterocycles. The van der Waals surface area contributed by atoms with E-state index in [-0.39, 0.29) is 0 Å². The first-order valence-corrected chi connectivity index (χ1v) is 11.3. The lowest BCUT2D eigenvalue weighted by atomic mass is 10.1. The molecule has 0 aliphatic heterocycles. The molecule has 0 fully saturated rings. The molecule has 4 nitrogen and oxygen atoms in total. The molecule has 0 radical (unpaired) electrons. The summed E-state index contributed by atoms with van der Waals surface area (Å²) in [6, 6.07) is 17.9. The molecule has 6 heteroatoms. The summed E-state index contributed by atoms with van der Waals surface area (Å²) >= 11 is 5.76. The maximum absolute atomic E-state index is 11.3. The Balaban J connectivity index is 1.84. The maximum Gasteiger partial charge on any atom is 0.229 e. The van der Waals surface area contributed by atoms with Gasteiger partial charge in [-0.15, -0.1) is 0 Å². The third-order valence-corrected chi connectivity index (χ3v) is 5.73. The summed E-state index contributed by atoms with van der Waals surface area (Å²) in [6.07, 6.45) is 1.89. The quantitative estimate of drug-likeness (QED) is 0.483. The van der Waals surface area contributed by atoms with Gasteiger partial charge in [0.2, 0.25) is 10.0 Å². The van der Waals surface area contributed by atoms with Crippen molar-refractivity contribution < 1.29 is 8.42 Å². The minimum atomic E-state index is -3.27. The average Bonchev–Trinajstić information content (AvgIpc) is 2.89. The van der Waals surface area contributed by atoms with E-state index in [1.54, 1.807) is 12.1 Å². The molecule has 146 valence electrons. The van der Waals surface area contributed by atoms with Crippen LogP contribution < -0.4 is 4.72 Å². The molecule has 2 aromatic carbocycles. The van der Waals surface area contributed by atoms with Crippen LogP contribution in [-0.2, 0) is 23.5 Å². The van der Waals surface area contributed by atoms with Gasteiger partial charge < -0.3 is 4.57 Å². The Morgan fingerprint density at radius 3 is 2.21 bits per heavy atom. The molecular weight excluding hydrogens is 388 g/mol. The van der Waals surface area contributed by atoms with Crippen LogP contribution in [0.3, 0.4) is 0 Å². The van der Waals surface area contributed by atoms with Gasteiger partial charge in [0, 0.05) is 24.8 Å². The van der Waals surface area contributed by atoms with E-state index < -0.39 is 10.0 Å². The van der Waals surface area contributed by atoms with Gasteiger partial charge in [-0.2, -0.15) is 0 Å². The van der Waals surface area contributed by atoms with E-state index in [2.05, 4.69) is 53.5 Å². The summed E-state index contributed by atoms with van der Waals surface area (Å²) < 4.78 is 27.3. The van der Waals surface area contributed by atoms with Crippen molar-refractivity contribution in [1.29, 1.82) is 0 Å². The lowest BCUT2D eigenvalue weighted by Gasteiger charge is -2.11. The topological polar surface area (TPSA) is 51.1 Å². The van der Waals surface area contributed by atoms with Crippen molar-refractivity contribution in [2.75, 3.05) is 11.0 Å². The van der Waals surface area contributed by atoms with Gasteiger partial charge in [0.1, 0.15) is 0 Å². The number of hydrogen-bond donors (Lipinski definition) is 1. The Morgan fingerprint density at radius 1 is 1.04 bits per heavy atom. The minimum Gasteiger partial charge on any atom is -0.346 e. The van der Waals surface area contributed by atoms with Crippen LogP contribution in [0.4, 0.5) is 5.69 Å². The predicted molar refractivity (Wildman–Crippen MR) is 120 cm³/mol. The van der Waals surface area contributed by atoms with Crippen LogP contribution in [0.5, 0.6) is 0 Å². The summed E-state index contributed by atoms with van der Waals surface area (Å²) in [5.74, 6) is 0. The number of benzene rings is 2. The monoisotopic (exact) mass is 412 g/mol. The van der Waals surface area contributed by atoms with Crippen molar-refractivity contribution in [2.45, 2.75) is 20.3 Å². The highest BCUT2D eigenvalue weighted by Gasteiger charge is 2.15. The maximum atomic E-state index is 11.3. The molecule has 0 unspecified atom stereocenters. The zero-order valence-corrected chi connectivity index (χ0v) is 18.1. The molecule has 0 amide bonds. The normalized spacial score (nSPS) is 11.4. The van der Waals surface area contributed by atoms with Crippen LogP contribution in [0.15, 0.2) is 54.6 Å². The fourth-order valence-electron chi connectivity index (χ4n) is 3.28. The number of sulfonamides is 1. The Morgan fingerprint density at radius 2 is 1.64 bits per heavy atom. The van der Waals surface area contributed by atoms with Crippen LogP contribution in [-0.4, -0.2) is 24.1 Å². The van der Waals surface area contributed by atoms with Gasteiger partial charge >= 0.3 is 0 Å². The van der Waals surface area contributed by atoms with Gasteiger partial charge in [0.25, 0.3) is 0 Å². The van der Waals surface area contributed by atoms with E-state index in [0.29, 0.717) is 5.69 Å². The predicted octanol–water partition coefficient (Wildman–Crippen LogP) is 4.37. The van der Waals surface area contributed by atoms with Crippen molar-refractivity contribution in [3.8, 4) is 0 Å². The zero-order valence-electron chi connectivity index (χ0n) is 16.5. The van der Waals surface area contributed by atoms with Crippen molar-refractivity contribution >= 4 is 32.8 Å². The fraction of sp³-hybridized carbons (Fsp3) is 0.227. The number of aromatic nitrogens is 1. The van der Waals surface area contributed by atoms with Crippen molar-refractivity contribution in [3.63, 3.8) is 0 Å². The molecule has 3 aromatic rings. The zero-order chi connectivity index (χ0) is 20.5. The van der Waals surface area contributed by atoms with Gasteiger partial charge in [-0.1, -0.05) is 54.2 Å². The third-order valence-electron chi connectivity index (χ3n) is 4.69. The average molecular weight is 413 g/mol. The van der Waals surface area contributed by atoms with Crippen LogP contribution >= 0.6 is 12.2 Å². The molecule has 0 atom stereocenters. The van der Waals surface area contributed by atoms with Gasteiger partial charge in [-0.05, 0) is 48.7 Å². The molecule has 3 rings (SSSR count). The van der Waals surface area contributed by atoms with Gasteiger partial charge in [0.05, 0.1) is 16.8 Å². The summed E-state index contributed by atoms with van der Waals surface area (Å²) in [5, 5.41) is 0. The number of rotatable bonds is 6. The van der Waals surface area contributed by atoms with E-state index in [4.69, 9.17) is 12.2 Å². The molecule has 0 spiro atoms. The van der Waals surface area contributed by atoms with E-state index >= 15 is 0 Å². The van der Waals surface area contributed by atoms with Crippen LogP contribution in [0.1, 0.15) is 33.6 Å². The number of anilines is 1. The van der Waals surface area contributed by atoms with Crippen molar-refractivity contribution in [3.05, 3.63) is 88.2 Å². The lowest BCUT2D eigenvalue weighted by molar-refractivity contribution is 0.607. The van der Waals surface area contributed by atoms with Crippen LogP contribution in [0, 0.1) is 13.8 Å². The Kier molecular flexibility index (Phi) is 5.72. The van der Waals surface area contributed by atoms with Gasteiger partial charge in [-0.3, -0.25) is 4.72 Å². The third kappa shape index (κ3) is 4.69. The molecule has 0 aliphatic rings. The van der Waals surface area contributed by atoms with Crippen molar-refractivity contribution in [2.24, 2.45) is 7.05 Å². The second-order valence-corrected chi connectivity index (χ2v) is 9.33. The Hall–Kier alpha value is -2.44. The molecule has 28 heavy (non-hydrogen) atoms. The van der Waals surface area contributed by atoms with Gasteiger partial charge in [0.15, 0.2) is 0 Å². The smallest absolute Gasteiger partial charge is 0.229 e. The van der Waals surface area contributed by atoms with Crippen LogP contribution in [0.25, 0.3) is 0 Å². The molecule has 1 aromatic heterocycles. The summed E-state index contributed by atoms with van der Waals surface area (Å²) in [4.78, 5) is 0.846.